The molecule has 0 unspecified atom stereocenters. The van der Waals surface area contributed by atoms with Crippen LogP contribution < -0.4 is 9.84 Å². The molecule has 0 aromatic heterocycles. The van der Waals surface area contributed by atoms with E-state index in [1.165, 1.54) is 5.56 Å². The second-order valence-electron chi connectivity index (χ2n) is 4.21. The number of hydrogen-bond acceptors (Lipinski definition) is 3. The molecule has 1 aliphatic rings. The summed E-state index contributed by atoms with van der Waals surface area (Å²) in [5.41, 5.74) is 2.06. The van der Waals surface area contributed by atoms with Crippen LogP contribution in [0.15, 0.2) is 30.3 Å². The lowest BCUT2D eigenvalue weighted by Gasteiger charge is -2.13. The van der Waals surface area contributed by atoms with Gasteiger partial charge in [0.05, 0.1) is 0 Å². The highest BCUT2D eigenvalue weighted by atomic mass is 31.2. The molecular formula is C12H12NO4P. The van der Waals surface area contributed by atoms with Crippen molar-refractivity contribution < 1.29 is 18.9 Å². The van der Waals surface area contributed by atoms with Gasteiger partial charge in [0, 0.05) is 23.7 Å². The molecule has 0 bridgehead atoms. The molecule has 2 aromatic carbocycles. The molecule has 94 valence electrons. The Kier molecular flexibility index (Phi) is 2.55. The predicted molar refractivity (Wildman–Crippen MR) is 68.8 cm³/mol. The van der Waals surface area contributed by atoms with E-state index in [1.807, 2.05) is 18.2 Å². The summed E-state index contributed by atoms with van der Waals surface area (Å²) in [7, 11) is -4.54. The molecule has 18 heavy (non-hydrogen) atoms. The van der Waals surface area contributed by atoms with Gasteiger partial charge in [-0.1, -0.05) is 24.3 Å². The number of anilines is 1. The van der Waals surface area contributed by atoms with Crippen LogP contribution in [0.2, 0.25) is 0 Å². The van der Waals surface area contributed by atoms with Crippen molar-refractivity contribution in [3.63, 3.8) is 0 Å². The van der Waals surface area contributed by atoms with Crippen molar-refractivity contribution in [3.8, 4) is 5.75 Å². The minimum absolute atomic E-state index is 0.215. The summed E-state index contributed by atoms with van der Waals surface area (Å²) in [6, 6.07) is 9.13. The predicted octanol–water partition coefficient (Wildman–Crippen LogP) is 2.28. The molecule has 0 amide bonds. The third kappa shape index (κ3) is 1.97. The van der Waals surface area contributed by atoms with Crippen molar-refractivity contribution >= 4 is 24.3 Å². The first kappa shape index (κ1) is 11.5. The van der Waals surface area contributed by atoms with E-state index < -0.39 is 7.82 Å². The Labute approximate surface area is 104 Å². The third-order valence-electron chi connectivity index (χ3n) is 3.03. The van der Waals surface area contributed by atoms with Gasteiger partial charge in [-0.2, -0.15) is 0 Å². The molecule has 0 fully saturated rings. The molecule has 0 saturated heterocycles. The van der Waals surface area contributed by atoms with Gasteiger partial charge in [0.2, 0.25) is 0 Å². The fourth-order valence-corrected chi connectivity index (χ4v) is 2.76. The second-order valence-corrected chi connectivity index (χ2v) is 5.37. The van der Waals surface area contributed by atoms with Crippen molar-refractivity contribution in [1.29, 1.82) is 0 Å². The van der Waals surface area contributed by atoms with Gasteiger partial charge in [0.15, 0.2) is 0 Å². The van der Waals surface area contributed by atoms with Crippen LogP contribution in [0.4, 0.5) is 5.69 Å². The molecule has 0 atom stereocenters. The van der Waals surface area contributed by atoms with Crippen molar-refractivity contribution in [3.05, 3.63) is 35.9 Å². The SMILES string of the molecule is O=P(O)(O)Oc1cc2c(c3ccccc13)CCN2. The van der Waals surface area contributed by atoms with E-state index in [0.29, 0.717) is 0 Å². The topological polar surface area (TPSA) is 78.8 Å². The smallest absolute Gasteiger partial charge is 0.404 e. The van der Waals surface area contributed by atoms with Crippen LogP contribution in [-0.2, 0) is 11.0 Å². The van der Waals surface area contributed by atoms with Crippen molar-refractivity contribution in [2.24, 2.45) is 0 Å². The highest BCUT2D eigenvalue weighted by Crippen LogP contribution is 2.44. The Hall–Kier alpha value is -1.55. The molecule has 0 radical (unpaired) electrons. The molecule has 2 aromatic rings. The number of nitrogens with one attached hydrogen (secondary N) is 1. The summed E-state index contributed by atoms with van der Waals surface area (Å²) < 4.78 is 15.8. The van der Waals surface area contributed by atoms with Gasteiger partial charge in [-0.05, 0) is 17.4 Å². The van der Waals surface area contributed by atoms with Gasteiger partial charge in [0.1, 0.15) is 5.75 Å². The van der Waals surface area contributed by atoms with E-state index in [0.717, 1.165) is 29.4 Å². The molecular weight excluding hydrogens is 253 g/mol. The number of phosphoric ester groups is 1. The van der Waals surface area contributed by atoms with Crippen LogP contribution in [-0.4, -0.2) is 16.3 Å². The summed E-state index contributed by atoms with van der Waals surface area (Å²) >= 11 is 0. The average Bonchev–Trinajstić information content (AvgIpc) is 2.75. The molecule has 1 heterocycles. The molecule has 3 N–H and O–H groups in total. The molecule has 0 aliphatic carbocycles. The van der Waals surface area contributed by atoms with Gasteiger partial charge in [0.25, 0.3) is 0 Å². The summed E-state index contributed by atoms with van der Waals surface area (Å²) in [5, 5.41) is 4.89. The van der Waals surface area contributed by atoms with E-state index in [2.05, 4.69) is 5.32 Å². The number of hydrogen-bond donors (Lipinski definition) is 3. The van der Waals surface area contributed by atoms with E-state index in [-0.39, 0.29) is 5.75 Å². The van der Waals surface area contributed by atoms with Crippen LogP contribution in [0.25, 0.3) is 10.8 Å². The van der Waals surface area contributed by atoms with Crippen LogP contribution in [0, 0.1) is 0 Å². The zero-order valence-corrected chi connectivity index (χ0v) is 10.4. The fourth-order valence-electron chi connectivity index (χ4n) is 2.36. The molecule has 5 nitrogen and oxygen atoms in total. The van der Waals surface area contributed by atoms with Crippen LogP contribution in [0.3, 0.4) is 0 Å². The zero-order chi connectivity index (χ0) is 12.8. The standard InChI is InChI=1S/C12H12NO4P/c14-18(15,16)17-12-7-11-9(5-6-13-11)8-3-1-2-4-10(8)12/h1-4,7,13H,5-6H2,(H2,14,15,16). The van der Waals surface area contributed by atoms with Crippen molar-refractivity contribution in [1.82, 2.24) is 0 Å². The normalized spacial score (nSPS) is 14.3. The van der Waals surface area contributed by atoms with E-state index in [9.17, 15) is 4.57 Å². The molecule has 0 spiro atoms. The largest absolute Gasteiger partial charge is 0.524 e. The number of rotatable bonds is 2. The van der Waals surface area contributed by atoms with Gasteiger partial charge >= 0.3 is 7.82 Å². The Balaban J connectivity index is 2.26. The first-order valence-corrected chi connectivity index (χ1v) is 7.11. The van der Waals surface area contributed by atoms with Crippen LogP contribution >= 0.6 is 7.82 Å². The molecule has 1 aliphatic heterocycles. The van der Waals surface area contributed by atoms with Gasteiger partial charge in [-0.25, -0.2) is 4.57 Å². The Bertz CT molecular complexity index is 664. The summed E-state index contributed by atoms with van der Waals surface area (Å²) in [6.45, 7) is 0.832. The summed E-state index contributed by atoms with van der Waals surface area (Å²) in [4.78, 5) is 17.9. The van der Waals surface area contributed by atoms with Gasteiger partial charge in [-0.15, -0.1) is 0 Å². The average molecular weight is 265 g/mol. The third-order valence-corrected chi connectivity index (χ3v) is 3.46. The molecule has 3 rings (SSSR count). The molecule has 0 saturated carbocycles. The van der Waals surface area contributed by atoms with Gasteiger partial charge < -0.3 is 9.84 Å². The Morgan fingerprint density at radius 3 is 2.67 bits per heavy atom. The number of fused-ring (bicyclic) bond motifs is 3. The second kappa shape index (κ2) is 3.99. The lowest BCUT2D eigenvalue weighted by atomic mass is 10.0. The summed E-state index contributed by atoms with van der Waals surface area (Å²) in [5.74, 6) is 0.215. The van der Waals surface area contributed by atoms with E-state index in [4.69, 9.17) is 14.3 Å². The summed E-state index contributed by atoms with van der Waals surface area (Å²) in [6.07, 6.45) is 0.909. The maximum Gasteiger partial charge on any atom is 0.524 e. The lowest BCUT2D eigenvalue weighted by Crippen LogP contribution is -1.94. The van der Waals surface area contributed by atoms with Crippen LogP contribution in [0.5, 0.6) is 5.75 Å². The maximum absolute atomic E-state index is 11.0. The fraction of sp³-hybridized carbons (Fsp3) is 0.167. The lowest BCUT2D eigenvalue weighted by molar-refractivity contribution is 0.284. The monoisotopic (exact) mass is 265 g/mol. The minimum Gasteiger partial charge on any atom is -0.404 e. The van der Waals surface area contributed by atoms with Crippen LogP contribution in [0.1, 0.15) is 5.56 Å². The Morgan fingerprint density at radius 1 is 1.22 bits per heavy atom. The number of benzene rings is 2. The highest BCUT2D eigenvalue weighted by Gasteiger charge is 2.22. The minimum atomic E-state index is -4.54. The molecule has 6 heteroatoms. The Morgan fingerprint density at radius 2 is 1.94 bits per heavy atom. The zero-order valence-electron chi connectivity index (χ0n) is 9.46. The first-order valence-electron chi connectivity index (χ1n) is 5.58. The quantitative estimate of drug-likeness (QED) is 0.726. The van der Waals surface area contributed by atoms with Gasteiger partial charge in [-0.3, -0.25) is 9.79 Å². The van der Waals surface area contributed by atoms with Crippen molar-refractivity contribution in [2.75, 3.05) is 11.9 Å². The maximum atomic E-state index is 11.0. The highest BCUT2D eigenvalue weighted by molar-refractivity contribution is 7.46. The number of phosphoric acid groups is 1. The first-order chi connectivity index (χ1) is 8.54. The van der Waals surface area contributed by atoms with E-state index >= 15 is 0 Å². The van der Waals surface area contributed by atoms with E-state index in [1.54, 1.807) is 12.1 Å². The van der Waals surface area contributed by atoms with Crippen molar-refractivity contribution in [2.45, 2.75) is 6.42 Å².